The fraction of sp³-hybridized carbons (Fsp3) is 0.917. The highest BCUT2D eigenvalue weighted by Gasteiger charge is 2.34. The van der Waals surface area contributed by atoms with Crippen molar-refractivity contribution in [3.05, 3.63) is 0 Å². The van der Waals surface area contributed by atoms with E-state index in [-0.39, 0.29) is 6.10 Å². The summed E-state index contributed by atoms with van der Waals surface area (Å²) >= 11 is 0. The van der Waals surface area contributed by atoms with Gasteiger partial charge in [0.1, 0.15) is 6.29 Å². The lowest BCUT2D eigenvalue weighted by atomic mass is 9.91. The van der Waals surface area contributed by atoms with Crippen LogP contribution in [0.15, 0.2) is 0 Å². The summed E-state index contributed by atoms with van der Waals surface area (Å²) in [5.41, 5.74) is 0. The zero-order valence-corrected chi connectivity index (χ0v) is 9.52. The maximum Gasteiger partial charge on any atom is 0.122 e. The molecule has 0 aromatic heterocycles. The number of hydrogen-bond donors (Lipinski definition) is 0. The number of methoxy groups -OCH3 is 1. The van der Waals surface area contributed by atoms with E-state index >= 15 is 0 Å². The number of nitrogens with zero attached hydrogens (tertiary/aromatic N) is 1. The van der Waals surface area contributed by atoms with Crippen LogP contribution in [0.4, 0.5) is 0 Å². The van der Waals surface area contributed by atoms with E-state index in [2.05, 4.69) is 4.90 Å². The lowest BCUT2D eigenvalue weighted by Crippen LogP contribution is -2.42. The molecule has 0 spiro atoms. The first-order chi connectivity index (χ1) is 7.35. The van der Waals surface area contributed by atoms with Crippen molar-refractivity contribution in [1.82, 2.24) is 4.90 Å². The molecule has 1 heterocycles. The van der Waals surface area contributed by atoms with Crippen molar-refractivity contribution in [1.29, 1.82) is 0 Å². The van der Waals surface area contributed by atoms with Crippen LogP contribution in [0.1, 0.15) is 32.1 Å². The molecular formula is C12H21NO2. The molecule has 2 fully saturated rings. The van der Waals surface area contributed by atoms with Gasteiger partial charge in [-0.05, 0) is 38.1 Å². The molecule has 86 valence electrons. The summed E-state index contributed by atoms with van der Waals surface area (Å²) in [5.74, 6) is 0.564. The van der Waals surface area contributed by atoms with Crippen molar-refractivity contribution in [2.45, 2.75) is 44.2 Å². The Balaban J connectivity index is 1.86. The highest BCUT2D eigenvalue weighted by molar-refractivity contribution is 5.50. The van der Waals surface area contributed by atoms with Gasteiger partial charge in [-0.25, -0.2) is 0 Å². The summed E-state index contributed by atoms with van der Waals surface area (Å²) in [7, 11) is 1.73. The Hall–Kier alpha value is -0.410. The van der Waals surface area contributed by atoms with Crippen LogP contribution in [0.3, 0.4) is 0 Å². The molecule has 2 atom stereocenters. The van der Waals surface area contributed by atoms with Gasteiger partial charge in [0.2, 0.25) is 0 Å². The Bertz CT molecular complexity index is 216. The van der Waals surface area contributed by atoms with Crippen molar-refractivity contribution in [2.75, 3.05) is 20.2 Å². The molecule has 1 aliphatic heterocycles. The fourth-order valence-corrected chi connectivity index (χ4v) is 2.69. The third-order valence-electron chi connectivity index (χ3n) is 3.71. The average Bonchev–Trinajstić information content (AvgIpc) is 3.10. The van der Waals surface area contributed by atoms with E-state index in [0.717, 1.165) is 18.9 Å². The van der Waals surface area contributed by atoms with Gasteiger partial charge in [-0.1, -0.05) is 0 Å². The van der Waals surface area contributed by atoms with Crippen LogP contribution in [-0.2, 0) is 9.53 Å². The lowest BCUT2D eigenvalue weighted by Gasteiger charge is -2.36. The van der Waals surface area contributed by atoms with Crippen LogP contribution in [0, 0.1) is 5.92 Å². The highest BCUT2D eigenvalue weighted by Crippen LogP contribution is 2.32. The van der Waals surface area contributed by atoms with Gasteiger partial charge in [-0.15, -0.1) is 0 Å². The number of piperidine rings is 1. The van der Waals surface area contributed by atoms with Gasteiger partial charge >= 0.3 is 0 Å². The van der Waals surface area contributed by atoms with Crippen molar-refractivity contribution in [2.24, 2.45) is 5.92 Å². The number of rotatable bonds is 5. The fourth-order valence-electron chi connectivity index (χ4n) is 2.69. The number of likely N-dealkylation sites (tertiary alicyclic amines) is 1. The first kappa shape index (κ1) is 11.1. The molecule has 0 N–H and O–H groups in total. The van der Waals surface area contributed by atoms with E-state index in [9.17, 15) is 4.79 Å². The minimum Gasteiger partial charge on any atom is -0.381 e. The van der Waals surface area contributed by atoms with Crippen molar-refractivity contribution in [3.8, 4) is 0 Å². The molecule has 0 aromatic rings. The van der Waals surface area contributed by atoms with Crippen molar-refractivity contribution < 1.29 is 9.53 Å². The molecule has 2 unspecified atom stereocenters. The number of aldehydes is 1. The normalized spacial score (nSPS) is 30.1. The largest absolute Gasteiger partial charge is 0.381 e. The standard InChI is InChI=1S/C12H21NO2/c1-15-12(6-8-14)10-3-2-7-13(9-10)11-4-5-11/h8,10-12H,2-7,9H2,1H3. The summed E-state index contributed by atoms with van der Waals surface area (Å²) < 4.78 is 5.42. The van der Waals surface area contributed by atoms with Gasteiger partial charge in [-0.3, -0.25) is 0 Å². The molecule has 3 heteroatoms. The molecule has 0 amide bonds. The van der Waals surface area contributed by atoms with Crippen LogP contribution in [0.25, 0.3) is 0 Å². The molecule has 1 saturated heterocycles. The Morgan fingerprint density at radius 3 is 2.87 bits per heavy atom. The number of hydrogen-bond acceptors (Lipinski definition) is 3. The van der Waals surface area contributed by atoms with Gasteiger partial charge in [0, 0.05) is 26.1 Å². The maximum atomic E-state index is 10.6. The second-order valence-corrected chi connectivity index (χ2v) is 4.80. The van der Waals surface area contributed by atoms with E-state index in [0.29, 0.717) is 12.3 Å². The first-order valence-electron chi connectivity index (χ1n) is 6.05. The van der Waals surface area contributed by atoms with E-state index in [4.69, 9.17) is 4.74 Å². The molecule has 15 heavy (non-hydrogen) atoms. The first-order valence-corrected chi connectivity index (χ1v) is 6.05. The molecule has 3 nitrogen and oxygen atoms in total. The summed E-state index contributed by atoms with van der Waals surface area (Å²) in [6, 6.07) is 0.849. The smallest absolute Gasteiger partial charge is 0.122 e. The van der Waals surface area contributed by atoms with Gasteiger partial charge in [0.05, 0.1) is 6.10 Å². The van der Waals surface area contributed by atoms with Crippen molar-refractivity contribution in [3.63, 3.8) is 0 Å². The van der Waals surface area contributed by atoms with E-state index in [1.54, 1.807) is 7.11 Å². The second-order valence-electron chi connectivity index (χ2n) is 4.80. The third-order valence-corrected chi connectivity index (χ3v) is 3.71. The van der Waals surface area contributed by atoms with Gasteiger partial charge in [-0.2, -0.15) is 0 Å². The van der Waals surface area contributed by atoms with Crippen LogP contribution in [0.2, 0.25) is 0 Å². The third kappa shape index (κ3) is 2.79. The molecule has 0 radical (unpaired) electrons. The summed E-state index contributed by atoms with van der Waals surface area (Å²) in [6.45, 7) is 2.38. The molecule has 2 rings (SSSR count). The van der Waals surface area contributed by atoms with Crippen LogP contribution < -0.4 is 0 Å². The molecular weight excluding hydrogens is 190 g/mol. The van der Waals surface area contributed by atoms with E-state index in [1.165, 1.54) is 32.2 Å². The monoisotopic (exact) mass is 211 g/mol. The van der Waals surface area contributed by atoms with Crippen LogP contribution >= 0.6 is 0 Å². The number of carbonyl (C=O) groups is 1. The van der Waals surface area contributed by atoms with E-state index < -0.39 is 0 Å². The molecule has 0 bridgehead atoms. The van der Waals surface area contributed by atoms with Gasteiger partial charge < -0.3 is 14.4 Å². The predicted molar refractivity (Wildman–Crippen MR) is 58.8 cm³/mol. The average molecular weight is 211 g/mol. The molecule has 0 aromatic carbocycles. The molecule has 2 aliphatic rings. The minimum absolute atomic E-state index is 0.143. The Kier molecular flexibility index (Phi) is 3.76. The van der Waals surface area contributed by atoms with E-state index in [1.807, 2.05) is 0 Å². The Labute approximate surface area is 91.8 Å². The Morgan fingerprint density at radius 2 is 2.27 bits per heavy atom. The maximum absolute atomic E-state index is 10.6. The molecule has 1 saturated carbocycles. The quantitative estimate of drug-likeness (QED) is 0.645. The van der Waals surface area contributed by atoms with Gasteiger partial charge in [0.15, 0.2) is 0 Å². The van der Waals surface area contributed by atoms with Crippen LogP contribution in [-0.4, -0.2) is 43.5 Å². The molecule has 1 aliphatic carbocycles. The van der Waals surface area contributed by atoms with Crippen molar-refractivity contribution >= 4 is 6.29 Å². The minimum atomic E-state index is 0.143. The van der Waals surface area contributed by atoms with Gasteiger partial charge in [0.25, 0.3) is 0 Å². The topological polar surface area (TPSA) is 29.5 Å². The summed E-state index contributed by atoms with van der Waals surface area (Å²) in [5, 5.41) is 0. The summed E-state index contributed by atoms with van der Waals surface area (Å²) in [4.78, 5) is 13.1. The second kappa shape index (κ2) is 5.08. The number of ether oxygens (including phenoxy) is 1. The Morgan fingerprint density at radius 1 is 1.47 bits per heavy atom. The zero-order chi connectivity index (χ0) is 10.7. The SMILES string of the molecule is COC(CC=O)C1CCCN(C2CC2)C1. The highest BCUT2D eigenvalue weighted by atomic mass is 16.5. The zero-order valence-electron chi connectivity index (χ0n) is 9.52. The summed E-state index contributed by atoms with van der Waals surface area (Å²) in [6.07, 6.45) is 6.92. The van der Waals surface area contributed by atoms with Crippen LogP contribution in [0.5, 0.6) is 0 Å². The predicted octanol–water partition coefficient (Wildman–Crippen LogP) is 1.46. The lowest BCUT2D eigenvalue weighted by molar-refractivity contribution is -0.111. The number of carbonyl (C=O) groups excluding carboxylic acids is 1.